The zero-order valence-corrected chi connectivity index (χ0v) is 19.6. The van der Waals surface area contributed by atoms with Crippen LogP contribution in [0, 0.1) is 17.2 Å². The molecule has 2 atom stereocenters. The van der Waals surface area contributed by atoms with Crippen molar-refractivity contribution < 1.29 is 13.9 Å². The molecule has 0 bridgehead atoms. The number of carbonyl (C=O) groups is 1. The number of rotatable bonds is 5. The highest BCUT2D eigenvalue weighted by molar-refractivity contribution is 6.01. The summed E-state index contributed by atoms with van der Waals surface area (Å²) in [7, 11) is 5.38. The molecule has 35 heavy (non-hydrogen) atoms. The first-order valence-electron chi connectivity index (χ1n) is 11.4. The van der Waals surface area contributed by atoms with Crippen molar-refractivity contribution in [3.8, 4) is 28.3 Å². The van der Waals surface area contributed by atoms with E-state index >= 15 is 0 Å². The molecule has 1 saturated heterocycles. The van der Waals surface area contributed by atoms with E-state index in [1.165, 1.54) is 25.6 Å². The molecule has 178 valence electrons. The summed E-state index contributed by atoms with van der Waals surface area (Å²) in [5, 5.41) is 7.59. The third kappa shape index (κ3) is 3.52. The monoisotopic (exact) mass is 473 g/mol. The lowest BCUT2D eigenvalue weighted by Crippen LogP contribution is -2.31. The first-order chi connectivity index (χ1) is 16.9. The number of halogens is 1. The van der Waals surface area contributed by atoms with E-state index < -0.39 is 0 Å². The molecule has 10 heteroatoms. The number of hydrogen-bond donors (Lipinski definition) is 1. The van der Waals surface area contributed by atoms with Crippen LogP contribution in [0.15, 0.2) is 42.9 Å². The molecule has 2 fully saturated rings. The van der Waals surface area contributed by atoms with Gasteiger partial charge in [-0.3, -0.25) is 9.48 Å². The van der Waals surface area contributed by atoms with Crippen molar-refractivity contribution in [1.29, 1.82) is 0 Å². The molecular formula is C25H24FN7O2. The summed E-state index contributed by atoms with van der Waals surface area (Å²) in [6, 6.07) is 7.90. The van der Waals surface area contributed by atoms with Crippen LogP contribution in [-0.2, 0) is 11.8 Å². The Morgan fingerprint density at radius 2 is 2.00 bits per heavy atom. The zero-order chi connectivity index (χ0) is 24.3. The normalized spacial score (nSPS) is 21.2. The van der Waals surface area contributed by atoms with Crippen LogP contribution < -0.4 is 10.1 Å². The largest absolute Gasteiger partial charge is 0.493 e. The summed E-state index contributed by atoms with van der Waals surface area (Å²) >= 11 is 0. The molecule has 1 aliphatic carbocycles. The van der Waals surface area contributed by atoms with E-state index in [1.807, 2.05) is 20.3 Å². The number of fused-ring (bicyclic) bond motifs is 2. The van der Waals surface area contributed by atoms with E-state index in [0.717, 1.165) is 30.6 Å². The minimum Gasteiger partial charge on any atom is -0.493 e. The molecular weight excluding hydrogens is 449 g/mol. The van der Waals surface area contributed by atoms with Crippen molar-refractivity contribution in [3.05, 3.63) is 48.7 Å². The average molecular weight is 474 g/mol. The zero-order valence-electron chi connectivity index (χ0n) is 19.6. The smallest absolute Gasteiger partial charge is 0.233 e. The molecule has 0 spiro atoms. The number of methoxy groups -OCH3 is 1. The number of nitrogens with one attached hydrogen (secondary N) is 1. The number of pyridine rings is 1. The predicted molar refractivity (Wildman–Crippen MR) is 128 cm³/mol. The number of piperidine rings is 1. The van der Waals surface area contributed by atoms with Gasteiger partial charge in [0.15, 0.2) is 11.6 Å². The standard InChI is InChI=1S/C25H24FN7O2/c1-32-10-15-9-25(15,12-32)24(34)30-23-19(35-3)8-18-22(29-23)21(28-13-27-18)17-11-33(2)31-20(17)14-4-6-16(26)7-5-14/h4-8,11,13,15H,9-10,12H2,1-3H3,(H,29,30,34)/t15-,25-/m1/s1. The fraction of sp³-hybridized carbons (Fsp3) is 0.320. The molecule has 1 aromatic carbocycles. The number of amides is 1. The van der Waals surface area contributed by atoms with Gasteiger partial charge in [0.2, 0.25) is 5.91 Å². The van der Waals surface area contributed by atoms with Crippen molar-refractivity contribution in [2.75, 3.05) is 32.6 Å². The molecule has 0 radical (unpaired) electrons. The van der Waals surface area contributed by atoms with Gasteiger partial charge in [0.25, 0.3) is 0 Å². The van der Waals surface area contributed by atoms with E-state index in [2.05, 4.69) is 25.3 Å². The second-order valence-electron chi connectivity index (χ2n) is 9.41. The minimum atomic E-state index is -0.356. The molecule has 4 heterocycles. The van der Waals surface area contributed by atoms with Gasteiger partial charge in [-0.25, -0.2) is 19.3 Å². The molecule has 6 rings (SSSR count). The first-order valence-corrected chi connectivity index (χ1v) is 11.4. The van der Waals surface area contributed by atoms with E-state index in [9.17, 15) is 9.18 Å². The van der Waals surface area contributed by atoms with Crippen molar-refractivity contribution in [1.82, 2.24) is 29.6 Å². The predicted octanol–water partition coefficient (Wildman–Crippen LogP) is 3.13. The number of carbonyl (C=O) groups excluding carboxylic acids is 1. The van der Waals surface area contributed by atoms with Crippen molar-refractivity contribution in [3.63, 3.8) is 0 Å². The summed E-state index contributed by atoms with van der Waals surface area (Å²) in [5.41, 5.74) is 3.40. The molecule has 4 aromatic rings. The maximum atomic E-state index is 13.5. The Hall–Kier alpha value is -3.92. The van der Waals surface area contributed by atoms with Gasteiger partial charge < -0.3 is 15.0 Å². The minimum absolute atomic E-state index is 0.0382. The van der Waals surface area contributed by atoms with Gasteiger partial charge in [-0.05, 0) is 43.7 Å². The molecule has 1 amide bonds. The molecule has 9 nitrogen and oxygen atoms in total. The lowest BCUT2D eigenvalue weighted by atomic mass is 10.0. The highest BCUT2D eigenvalue weighted by Crippen LogP contribution is 2.58. The Morgan fingerprint density at radius 1 is 1.20 bits per heavy atom. The van der Waals surface area contributed by atoms with Crippen LogP contribution in [-0.4, -0.2) is 62.8 Å². The Morgan fingerprint density at radius 3 is 2.71 bits per heavy atom. The number of nitrogens with zero attached hydrogens (tertiary/aromatic N) is 6. The first kappa shape index (κ1) is 21.6. The third-order valence-corrected chi connectivity index (χ3v) is 7.00. The highest BCUT2D eigenvalue weighted by atomic mass is 19.1. The Balaban J connectivity index is 1.45. The summed E-state index contributed by atoms with van der Waals surface area (Å²) < 4.78 is 20.7. The number of aromatic nitrogens is 5. The number of likely N-dealkylation sites (tertiary alicyclic amines) is 1. The fourth-order valence-corrected chi connectivity index (χ4v) is 5.21. The Bertz CT molecular complexity index is 1470. The number of hydrogen-bond acceptors (Lipinski definition) is 7. The van der Waals surface area contributed by atoms with Crippen LogP contribution in [0.2, 0.25) is 0 Å². The molecule has 1 saturated carbocycles. The van der Waals surface area contributed by atoms with E-state index in [4.69, 9.17) is 9.72 Å². The van der Waals surface area contributed by atoms with Gasteiger partial charge >= 0.3 is 0 Å². The quantitative estimate of drug-likeness (QED) is 0.476. The van der Waals surface area contributed by atoms with Crippen LogP contribution in [0.25, 0.3) is 33.5 Å². The van der Waals surface area contributed by atoms with Crippen LogP contribution in [0.5, 0.6) is 5.75 Å². The van der Waals surface area contributed by atoms with Gasteiger partial charge in [0.05, 0.1) is 18.0 Å². The van der Waals surface area contributed by atoms with E-state index in [-0.39, 0.29) is 17.1 Å². The molecule has 1 N–H and O–H groups in total. The maximum absolute atomic E-state index is 13.5. The van der Waals surface area contributed by atoms with Gasteiger partial charge in [0.1, 0.15) is 29.0 Å². The average Bonchev–Trinajstić information content (AvgIpc) is 3.21. The van der Waals surface area contributed by atoms with Crippen LogP contribution in [0.4, 0.5) is 10.2 Å². The molecule has 1 aliphatic heterocycles. The number of benzene rings is 1. The van der Waals surface area contributed by atoms with Crippen molar-refractivity contribution in [2.24, 2.45) is 18.4 Å². The number of anilines is 1. The fourth-order valence-electron chi connectivity index (χ4n) is 5.21. The highest BCUT2D eigenvalue weighted by Gasteiger charge is 2.64. The van der Waals surface area contributed by atoms with Gasteiger partial charge in [-0.15, -0.1) is 0 Å². The lowest BCUT2D eigenvalue weighted by molar-refractivity contribution is -0.121. The van der Waals surface area contributed by atoms with Gasteiger partial charge in [-0.1, -0.05) is 0 Å². The Labute approximate surface area is 201 Å². The topological polar surface area (TPSA) is 98.1 Å². The van der Waals surface area contributed by atoms with Crippen LogP contribution in [0.3, 0.4) is 0 Å². The van der Waals surface area contributed by atoms with Gasteiger partial charge in [-0.2, -0.15) is 5.10 Å². The summed E-state index contributed by atoms with van der Waals surface area (Å²) in [4.78, 5) is 29.1. The summed E-state index contributed by atoms with van der Waals surface area (Å²) in [5.74, 6) is 0.789. The Kier molecular flexibility index (Phi) is 4.82. The van der Waals surface area contributed by atoms with E-state index in [0.29, 0.717) is 39.9 Å². The van der Waals surface area contributed by atoms with Crippen LogP contribution >= 0.6 is 0 Å². The SMILES string of the molecule is COc1cc2ncnc(-c3cn(C)nc3-c3ccc(F)cc3)c2nc1NC(=O)[C@@]12C[C@@H]1CN(C)C2. The summed E-state index contributed by atoms with van der Waals surface area (Å²) in [6.07, 6.45) is 4.19. The summed E-state index contributed by atoms with van der Waals surface area (Å²) in [6.45, 7) is 1.67. The number of ether oxygens (including phenoxy) is 1. The molecule has 2 aliphatic rings. The maximum Gasteiger partial charge on any atom is 0.233 e. The van der Waals surface area contributed by atoms with Crippen molar-refractivity contribution >= 4 is 22.8 Å². The molecule has 3 aromatic heterocycles. The number of aryl methyl sites for hydroxylation is 1. The lowest BCUT2D eigenvalue weighted by Gasteiger charge is -2.17. The van der Waals surface area contributed by atoms with Gasteiger partial charge in [0, 0.05) is 43.5 Å². The van der Waals surface area contributed by atoms with Crippen molar-refractivity contribution in [2.45, 2.75) is 6.42 Å². The van der Waals surface area contributed by atoms with Crippen LogP contribution in [0.1, 0.15) is 6.42 Å². The second-order valence-corrected chi connectivity index (χ2v) is 9.41. The second kappa shape index (κ2) is 7.81. The van der Waals surface area contributed by atoms with E-state index in [1.54, 1.807) is 22.9 Å². The third-order valence-electron chi connectivity index (χ3n) is 7.00. The molecule has 0 unspecified atom stereocenters.